The summed E-state index contributed by atoms with van der Waals surface area (Å²) in [5.74, 6) is -0.366. The highest BCUT2D eigenvalue weighted by Crippen LogP contribution is 2.43. The lowest BCUT2D eigenvalue weighted by Crippen LogP contribution is -2.45. The number of carbonyl (C=O) groups excluding carboxylic acids is 2. The first-order chi connectivity index (χ1) is 18.4. The van der Waals surface area contributed by atoms with Crippen LogP contribution in [-0.2, 0) is 14.4 Å². The summed E-state index contributed by atoms with van der Waals surface area (Å²) >= 11 is 0. The van der Waals surface area contributed by atoms with Gasteiger partial charge in [-0.15, -0.1) is 0 Å². The number of nitrogens with zero attached hydrogens (tertiary/aromatic N) is 3. The topological polar surface area (TPSA) is 126 Å². The average molecular weight is 531 g/mol. The van der Waals surface area contributed by atoms with Crippen LogP contribution in [0.4, 0.5) is 0 Å². The Hall–Kier alpha value is -2.85. The van der Waals surface area contributed by atoms with E-state index in [4.69, 9.17) is 15.2 Å². The SMILES string of the molecule is CCCCN(CCCN)C(=O)CN1CC(c2ccc3c(c2)OCO3)C(C(=O)O)C1CCCN1CCCC1=O. The van der Waals surface area contributed by atoms with E-state index < -0.39 is 11.9 Å². The van der Waals surface area contributed by atoms with E-state index in [9.17, 15) is 19.5 Å². The van der Waals surface area contributed by atoms with Gasteiger partial charge >= 0.3 is 5.97 Å². The molecule has 0 bridgehead atoms. The van der Waals surface area contributed by atoms with Crippen LogP contribution in [0.5, 0.6) is 11.5 Å². The summed E-state index contributed by atoms with van der Waals surface area (Å²) in [6.45, 7) is 6.09. The summed E-state index contributed by atoms with van der Waals surface area (Å²) in [6.07, 6.45) is 5.41. The van der Waals surface area contributed by atoms with Gasteiger partial charge in [0.1, 0.15) is 0 Å². The molecular weight excluding hydrogens is 488 g/mol. The zero-order chi connectivity index (χ0) is 27.1. The zero-order valence-corrected chi connectivity index (χ0v) is 22.5. The van der Waals surface area contributed by atoms with Crippen LogP contribution in [0, 0.1) is 5.92 Å². The standard InChI is InChI=1S/C28H42N4O6/c1-2-3-12-31(15-6-11-29)26(34)18-32-17-21(20-9-10-23-24(16-20)38-19-37-23)27(28(35)36)22(32)7-4-13-30-14-5-8-25(30)33/h9-10,16,21-22,27H,2-8,11-15,17-19,29H2,1H3,(H,35,36). The maximum atomic E-state index is 13.5. The molecule has 4 rings (SSSR count). The number of nitrogens with two attached hydrogens (primary N) is 1. The smallest absolute Gasteiger partial charge is 0.308 e. The Morgan fingerprint density at radius 1 is 1.16 bits per heavy atom. The molecule has 1 aromatic carbocycles. The molecule has 3 aliphatic rings. The third kappa shape index (κ3) is 6.58. The fraction of sp³-hybridized carbons (Fsp3) is 0.679. The van der Waals surface area contributed by atoms with Crippen LogP contribution in [0.1, 0.15) is 63.4 Å². The first-order valence-corrected chi connectivity index (χ1v) is 14.0. The summed E-state index contributed by atoms with van der Waals surface area (Å²) in [4.78, 5) is 44.1. The lowest BCUT2D eigenvalue weighted by molar-refractivity contribution is -0.144. The van der Waals surface area contributed by atoms with Gasteiger partial charge in [0.15, 0.2) is 11.5 Å². The molecule has 3 atom stereocenters. The lowest BCUT2D eigenvalue weighted by atomic mass is 9.83. The van der Waals surface area contributed by atoms with E-state index in [2.05, 4.69) is 11.8 Å². The van der Waals surface area contributed by atoms with Crippen molar-refractivity contribution in [1.29, 1.82) is 0 Å². The van der Waals surface area contributed by atoms with E-state index in [0.717, 1.165) is 37.8 Å². The van der Waals surface area contributed by atoms with Gasteiger partial charge < -0.3 is 30.1 Å². The fourth-order valence-electron chi connectivity index (χ4n) is 6.03. The number of carboxylic acid groups (broad SMARTS) is 1. The molecule has 38 heavy (non-hydrogen) atoms. The molecule has 3 unspecified atom stereocenters. The van der Waals surface area contributed by atoms with Crippen molar-refractivity contribution in [3.63, 3.8) is 0 Å². The first kappa shape index (κ1) is 28.2. The normalized spacial score (nSPS) is 22.8. The van der Waals surface area contributed by atoms with Crippen molar-refractivity contribution in [1.82, 2.24) is 14.7 Å². The minimum Gasteiger partial charge on any atom is -0.481 e. The predicted octanol–water partition coefficient (Wildman–Crippen LogP) is 2.26. The number of ether oxygens (including phenoxy) is 2. The van der Waals surface area contributed by atoms with Crippen LogP contribution >= 0.6 is 0 Å². The quantitative estimate of drug-likeness (QED) is 0.375. The number of rotatable bonds is 14. The molecule has 210 valence electrons. The molecule has 1 aromatic rings. The van der Waals surface area contributed by atoms with E-state index in [0.29, 0.717) is 63.5 Å². The second kappa shape index (κ2) is 13.3. The fourth-order valence-corrected chi connectivity index (χ4v) is 6.03. The molecule has 10 heteroatoms. The van der Waals surface area contributed by atoms with Gasteiger partial charge in [-0.3, -0.25) is 19.3 Å². The number of aliphatic carboxylic acids is 1. The van der Waals surface area contributed by atoms with Crippen LogP contribution in [0.15, 0.2) is 18.2 Å². The first-order valence-electron chi connectivity index (χ1n) is 14.0. The Balaban J connectivity index is 1.54. The number of likely N-dealkylation sites (tertiary alicyclic amines) is 2. The molecule has 0 saturated carbocycles. The third-order valence-corrected chi connectivity index (χ3v) is 8.06. The molecule has 0 radical (unpaired) electrons. The van der Waals surface area contributed by atoms with E-state index in [1.807, 2.05) is 28.0 Å². The van der Waals surface area contributed by atoms with Gasteiger partial charge in [-0.25, -0.2) is 0 Å². The van der Waals surface area contributed by atoms with Crippen LogP contribution < -0.4 is 15.2 Å². The van der Waals surface area contributed by atoms with Crippen molar-refractivity contribution in [2.24, 2.45) is 11.7 Å². The second-order valence-electron chi connectivity index (χ2n) is 10.6. The molecule has 3 heterocycles. The number of unbranched alkanes of at least 4 members (excludes halogenated alkanes) is 1. The number of hydrogen-bond acceptors (Lipinski definition) is 7. The van der Waals surface area contributed by atoms with Crippen molar-refractivity contribution < 1.29 is 29.0 Å². The molecule has 3 aliphatic heterocycles. The van der Waals surface area contributed by atoms with Crippen molar-refractivity contribution in [3.05, 3.63) is 23.8 Å². The number of fused-ring (bicyclic) bond motifs is 1. The van der Waals surface area contributed by atoms with E-state index in [1.165, 1.54) is 0 Å². The molecular formula is C28H42N4O6. The average Bonchev–Trinajstić information content (AvgIpc) is 3.62. The third-order valence-electron chi connectivity index (χ3n) is 8.06. The molecule has 3 N–H and O–H groups in total. The van der Waals surface area contributed by atoms with Crippen molar-refractivity contribution in [2.75, 3.05) is 52.6 Å². The number of hydrogen-bond donors (Lipinski definition) is 2. The maximum Gasteiger partial charge on any atom is 0.308 e. The van der Waals surface area contributed by atoms with Crippen LogP contribution in [-0.4, -0.2) is 96.2 Å². The molecule has 10 nitrogen and oxygen atoms in total. The Labute approximate surface area is 225 Å². The molecule has 0 spiro atoms. The van der Waals surface area contributed by atoms with Crippen molar-refractivity contribution >= 4 is 17.8 Å². The van der Waals surface area contributed by atoms with Crippen LogP contribution in [0.2, 0.25) is 0 Å². The summed E-state index contributed by atoms with van der Waals surface area (Å²) < 4.78 is 11.0. The number of carbonyl (C=O) groups is 3. The summed E-state index contributed by atoms with van der Waals surface area (Å²) in [6, 6.07) is 5.31. The van der Waals surface area contributed by atoms with E-state index in [1.54, 1.807) is 0 Å². The summed E-state index contributed by atoms with van der Waals surface area (Å²) in [7, 11) is 0. The second-order valence-corrected chi connectivity index (χ2v) is 10.6. The highest BCUT2D eigenvalue weighted by Gasteiger charge is 2.47. The largest absolute Gasteiger partial charge is 0.481 e. The minimum absolute atomic E-state index is 0.0158. The Morgan fingerprint density at radius 3 is 2.66 bits per heavy atom. The van der Waals surface area contributed by atoms with Gasteiger partial charge in [-0.1, -0.05) is 19.4 Å². The minimum atomic E-state index is -0.865. The number of amides is 2. The summed E-state index contributed by atoms with van der Waals surface area (Å²) in [5, 5.41) is 10.4. The predicted molar refractivity (Wildman–Crippen MR) is 142 cm³/mol. The number of carboxylic acids is 1. The zero-order valence-electron chi connectivity index (χ0n) is 22.5. The van der Waals surface area contributed by atoms with Crippen LogP contribution in [0.25, 0.3) is 0 Å². The Morgan fingerprint density at radius 2 is 1.95 bits per heavy atom. The van der Waals surface area contributed by atoms with Gasteiger partial charge in [0.05, 0.1) is 12.5 Å². The van der Waals surface area contributed by atoms with E-state index in [-0.39, 0.29) is 37.1 Å². The monoisotopic (exact) mass is 530 g/mol. The lowest BCUT2D eigenvalue weighted by Gasteiger charge is -2.30. The van der Waals surface area contributed by atoms with Gasteiger partial charge in [0.2, 0.25) is 18.6 Å². The Kier molecular flexibility index (Phi) is 9.85. The van der Waals surface area contributed by atoms with Crippen molar-refractivity contribution in [2.45, 2.75) is 63.8 Å². The van der Waals surface area contributed by atoms with Gasteiger partial charge in [0, 0.05) is 51.1 Å². The molecule has 2 amide bonds. The summed E-state index contributed by atoms with van der Waals surface area (Å²) in [5.41, 5.74) is 6.60. The molecule has 0 aromatic heterocycles. The molecule has 0 aliphatic carbocycles. The number of benzene rings is 1. The Bertz CT molecular complexity index is 980. The molecule has 2 saturated heterocycles. The molecule has 2 fully saturated rings. The van der Waals surface area contributed by atoms with Gasteiger partial charge in [-0.05, 0) is 56.3 Å². The highest BCUT2D eigenvalue weighted by atomic mass is 16.7. The van der Waals surface area contributed by atoms with Gasteiger partial charge in [0.25, 0.3) is 0 Å². The maximum absolute atomic E-state index is 13.5. The van der Waals surface area contributed by atoms with Crippen molar-refractivity contribution in [3.8, 4) is 11.5 Å². The van der Waals surface area contributed by atoms with Gasteiger partial charge in [-0.2, -0.15) is 0 Å². The van der Waals surface area contributed by atoms with Crippen LogP contribution in [0.3, 0.4) is 0 Å². The van der Waals surface area contributed by atoms with E-state index >= 15 is 0 Å². The highest BCUT2D eigenvalue weighted by molar-refractivity contribution is 5.79.